The average Bonchev–Trinajstić information content (AvgIpc) is 3.68. The molecule has 1 amide bonds. The van der Waals surface area contributed by atoms with Gasteiger partial charge >= 0.3 is 23.9 Å². The van der Waals surface area contributed by atoms with Crippen molar-refractivity contribution in [1.29, 1.82) is 0 Å². The maximum Gasteiger partial charge on any atom is 0.345 e. The number of esters is 2. The normalized spacial score (nSPS) is 33.8. The van der Waals surface area contributed by atoms with Crippen molar-refractivity contribution in [2.24, 2.45) is 46.3 Å². The molecule has 50 heavy (non-hydrogen) atoms. The molecule has 0 aromatic rings. The largest absolute Gasteiger partial charge is 0.479 e. The first-order valence-corrected chi connectivity index (χ1v) is 19.5. The molecule has 0 spiro atoms. The van der Waals surface area contributed by atoms with Gasteiger partial charge in [-0.3, -0.25) is 9.59 Å². The van der Waals surface area contributed by atoms with Gasteiger partial charge in [0.05, 0.1) is 5.92 Å². The van der Waals surface area contributed by atoms with Gasteiger partial charge in [0.2, 0.25) is 5.91 Å². The average molecular weight is 702 g/mol. The van der Waals surface area contributed by atoms with Gasteiger partial charge < -0.3 is 25.0 Å². The lowest BCUT2D eigenvalue weighted by Gasteiger charge is -2.58. The van der Waals surface area contributed by atoms with Gasteiger partial charge in [-0.1, -0.05) is 72.5 Å². The molecule has 0 bridgehead atoms. The molecule has 0 radical (unpaired) electrons. The molecule has 6 unspecified atom stereocenters. The highest BCUT2D eigenvalue weighted by molar-refractivity contribution is 5.89. The number of allylic oxidation sites excluding steroid dienone is 2. The van der Waals surface area contributed by atoms with Gasteiger partial charge in [0, 0.05) is 6.42 Å². The van der Waals surface area contributed by atoms with Crippen LogP contribution in [0.4, 0.5) is 0 Å². The van der Waals surface area contributed by atoms with Crippen LogP contribution in [0.1, 0.15) is 144 Å². The Kier molecular flexibility index (Phi) is 13.6. The Balaban J connectivity index is 0.000000314. The Labute approximate surface area is 298 Å². The van der Waals surface area contributed by atoms with Gasteiger partial charge in [0.15, 0.2) is 12.2 Å². The van der Waals surface area contributed by atoms with Gasteiger partial charge in [0.25, 0.3) is 0 Å². The molecule has 3 N–H and O–H groups in total. The molecule has 11 atom stereocenters. The zero-order valence-corrected chi connectivity index (χ0v) is 31.3. The lowest BCUT2D eigenvalue weighted by molar-refractivity contribution is -0.167. The predicted octanol–water partition coefficient (Wildman–Crippen LogP) is 7.48. The summed E-state index contributed by atoms with van der Waals surface area (Å²) in [5.74, 6) is 0.419. The predicted molar refractivity (Wildman–Crippen MR) is 189 cm³/mol. The third-order valence-corrected chi connectivity index (χ3v) is 13.6. The van der Waals surface area contributed by atoms with Crippen LogP contribution in [0, 0.1) is 46.3 Å². The van der Waals surface area contributed by atoms with E-state index in [1.54, 1.807) is 19.4 Å². The van der Waals surface area contributed by atoms with Gasteiger partial charge in [0.1, 0.15) is 6.04 Å². The first-order chi connectivity index (χ1) is 23.7. The van der Waals surface area contributed by atoms with Crippen LogP contribution in [-0.2, 0) is 33.4 Å². The molecule has 5 rings (SSSR count). The van der Waals surface area contributed by atoms with E-state index in [-0.39, 0.29) is 30.6 Å². The number of rotatable bonds is 13. The van der Waals surface area contributed by atoms with Crippen LogP contribution in [-0.4, -0.2) is 58.2 Å². The number of fused-ring (bicyclic) bond motifs is 5. The van der Waals surface area contributed by atoms with E-state index in [1.807, 2.05) is 6.92 Å². The Morgan fingerprint density at radius 3 is 2.18 bits per heavy atom. The summed E-state index contributed by atoms with van der Waals surface area (Å²) < 4.78 is 9.96. The van der Waals surface area contributed by atoms with Crippen LogP contribution >= 0.6 is 0 Å². The molecule has 0 aromatic heterocycles. The molecule has 3 saturated carbocycles. The van der Waals surface area contributed by atoms with E-state index in [1.165, 1.54) is 57.8 Å². The van der Waals surface area contributed by atoms with Crippen molar-refractivity contribution in [3.63, 3.8) is 0 Å². The number of carboxylic acid groups (broad SMARTS) is 2. The minimum Gasteiger partial charge on any atom is -0.479 e. The summed E-state index contributed by atoms with van der Waals surface area (Å²) in [6.07, 6.45) is 17.1. The molecule has 1 aliphatic heterocycles. The van der Waals surface area contributed by atoms with Crippen molar-refractivity contribution in [1.82, 2.24) is 5.32 Å². The summed E-state index contributed by atoms with van der Waals surface area (Å²) in [7, 11) is 0. The molecule has 4 aliphatic carbocycles. The van der Waals surface area contributed by atoms with Gasteiger partial charge in [-0.05, 0) is 117 Å². The van der Waals surface area contributed by atoms with Crippen molar-refractivity contribution < 1.29 is 43.7 Å². The summed E-state index contributed by atoms with van der Waals surface area (Å²) in [6.45, 7) is 12.9. The fourth-order valence-electron chi connectivity index (χ4n) is 10.6. The van der Waals surface area contributed by atoms with E-state index >= 15 is 0 Å². The zero-order valence-electron chi connectivity index (χ0n) is 31.3. The van der Waals surface area contributed by atoms with Gasteiger partial charge in [-0.25, -0.2) is 14.4 Å². The fraction of sp³-hybridized carbons (Fsp3) is 0.825. The Morgan fingerprint density at radius 1 is 0.880 bits per heavy atom. The van der Waals surface area contributed by atoms with E-state index < -0.39 is 36.2 Å². The summed E-state index contributed by atoms with van der Waals surface area (Å²) in [4.78, 5) is 56.3. The van der Waals surface area contributed by atoms with Crippen LogP contribution in [0.25, 0.3) is 0 Å². The molecule has 10 nitrogen and oxygen atoms in total. The quantitative estimate of drug-likeness (QED) is 0.131. The topological polar surface area (TPSA) is 156 Å². The number of hydrogen-bond donors (Lipinski definition) is 3. The zero-order chi connectivity index (χ0) is 36.8. The molecular weight excluding hydrogens is 638 g/mol. The Bertz CT molecular complexity index is 1280. The van der Waals surface area contributed by atoms with E-state index in [4.69, 9.17) is 19.7 Å². The molecule has 282 valence electrons. The third kappa shape index (κ3) is 8.75. The van der Waals surface area contributed by atoms with E-state index in [9.17, 15) is 24.0 Å². The molecule has 0 aromatic carbocycles. The lowest BCUT2D eigenvalue weighted by Crippen LogP contribution is -2.50. The number of hydrogen-bond acceptors (Lipinski definition) is 7. The van der Waals surface area contributed by atoms with Crippen molar-refractivity contribution in [3.8, 4) is 0 Å². The highest BCUT2D eigenvalue weighted by Crippen LogP contribution is 2.67. The number of aliphatic carboxylic acids is 2. The van der Waals surface area contributed by atoms with E-state index in [2.05, 4.69) is 32.2 Å². The number of amides is 1. The van der Waals surface area contributed by atoms with E-state index in [0.29, 0.717) is 29.6 Å². The van der Waals surface area contributed by atoms with Crippen LogP contribution in [0.3, 0.4) is 0 Å². The Hall–Kier alpha value is -2.91. The van der Waals surface area contributed by atoms with E-state index in [0.717, 1.165) is 42.9 Å². The van der Waals surface area contributed by atoms with Crippen molar-refractivity contribution in [2.75, 3.05) is 0 Å². The lowest BCUT2D eigenvalue weighted by atomic mass is 9.47. The number of carbonyl (C=O) groups excluding carboxylic acids is 3. The number of ether oxygens (including phenoxy) is 2. The first-order valence-electron chi connectivity index (χ1n) is 19.5. The maximum atomic E-state index is 12.4. The van der Waals surface area contributed by atoms with Crippen molar-refractivity contribution in [2.45, 2.75) is 163 Å². The number of nitrogens with one attached hydrogen (secondary N) is 1. The van der Waals surface area contributed by atoms with Crippen LogP contribution < -0.4 is 5.32 Å². The molecule has 1 saturated heterocycles. The van der Waals surface area contributed by atoms with Crippen LogP contribution in [0.5, 0.6) is 0 Å². The van der Waals surface area contributed by atoms with Gasteiger partial charge in [-0.15, -0.1) is 0 Å². The fourth-order valence-corrected chi connectivity index (χ4v) is 10.6. The second-order valence-corrected chi connectivity index (χ2v) is 16.5. The minimum absolute atomic E-state index is 0.208. The summed E-state index contributed by atoms with van der Waals surface area (Å²) in [6, 6.07) is -0.689. The molecular formula is C40H63NO9. The monoisotopic (exact) mass is 701 g/mol. The minimum atomic E-state index is -1.17. The van der Waals surface area contributed by atoms with Crippen LogP contribution in [0.2, 0.25) is 0 Å². The highest BCUT2D eigenvalue weighted by Gasteiger charge is 2.58. The number of carboxylic acids is 2. The summed E-state index contributed by atoms with van der Waals surface area (Å²) in [5.41, 5.74) is 2.75. The van der Waals surface area contributed by atoms with Gasteiger partial charge in [-0.2, -0.15) is 0 Å². The van der Waals surface area contributed by atoms with Crippen molar-refractivity contribution >= 4 is 29.8 Å². The summed E-state index contributed by atoms with van der Waals surface area (Å²) in [5, 5.41) is 20.2. The second kappa shape index (κ2) is 17.1. The standard InChI is InChI=1S/C31H50O4.C9H13NO5/c1-6-27(28(32)33)35-29(34)21(3)11-9-10-20(2)24-15-16-25-23-14-13-22-12-7-8-18-30(22,4)26(23)17-19-31(24,25)5;1-2-6(8(12)13)15-9(14)5-3-4-7(11)10-5/h13,20-21,23-27H,6-12,14-19H2,1-5H3,(H,32,33);5-6H,2-4H2,1H3,(H,10,11)(H,12,13)/t20-,21?,23?,24-,25?,26?,27?,30+,31-;5-,6?/m10/s1. The Morgan fingerprint density at radius 2 is 1.56 bits per heavy atom. The first kappa shape index (κ1) is 39.9. The second-order valence-electron chi connectivity index (χ2n) is 16.5. The van der Waals surface area contributed by atoms with Crippen LogP contribution in [0.15, 0.2) is 11.6 Å². The molecule has 1 heterocycles. The van der Waals surface area contributed by atoms with Crippen molar-refractivity contribution in [3.05, 3.63) is 11.6 Å². The molecule has 10 heteroatoms. The third-order valence-electron chi connectivity index (χ3n) is 13.6. The molecule has 4 fully saturated rings. The summed E-state index contributed by atoms with van der Waals surface area (Å²) >= 11 is 0. The maximum absolute atomic E-state index is 12.4. The number of carbonyl (C=O) groups is 5. The SMILES string of the molecule is CCC(OC(=O)C(C)CCC[C@@H](C)[C@H]1CCC2C3CC=C4CCCC[C@]4(C)C3CC[C@@]21C)C(=O)O.CCC(OC(=O)[C@@H]1CCC(=O)N1)C(=O)O. The smallest absolute Gasteiger partial charge is 0.345 e. The molecule has 5 aliphatic rings. The highest BCUT2D eigenvalue weighted by atomic mass is 16.6.